The second kappa shape index (κ2) is 10.8. The largest absolute Gasteiger partial charge is 0.490 e. The topological polar surface area (TPSA) is 58.5 Å². The summed E-state index contributed by atoms with van der Waals surface area (Å²) in [6.07, 6.45) is 2.58. The number of halogens is 2. The molecule has 0 saturated carbocycles. The molecule has 0 aliphatic carbocycles. The third-order valence-corrected chi connectivity index (χ3v) is 3.83. The molecule has 0 amide bonds. The maximum Gasteiger partial charge on any atom is 0.191 e. The first-order valence-corrected chi connectivity index (χ1v) is 8.94. The second-order valence-corrected chi connectivity index (χ2v) is 6.00. The van der Waals surface area contributed by atoms with E-state index in [2.05, 4.69) is 20.6 Å². The number of nitrogens with zero attached hydrogens (tertiary/aromatic N) is 2. The Morgan fingerprint density at radius 1 is 1.16 bits per heavy atom. The van der Waals surface area contributed by atoms with Crippen molar-refractivity contribution in [2.75, 3.05) is 26.2 Å². The molecule has 5 nitrogen and oxygen atoms in total. The van der Waals surface area contributed by atoms with E-state index < -0.39 is 0 Å². The summed E-state index contributed by atoms with van der Waals surface area (Å²) >= 11 is 11.8. The van der Waals surface area contributed by atoms with Crippen LogP contribution in [0, 0.1) is 0 Å². The van der Waals surface area contributed by atoms with Gasteiger partial charge >= 0.3 is 0 Å². The lowest BCUT2D eigenvalue weighted by molar-refractivity contribution is 0.322. The van der Waals surface area contributed by atoms with Gasteiger partial charge in [0.15, 0.2) is 5.96 Å². The number of aliphatic imine (C=N–C) groups is 1. The highest BCUT2D eigenvalue weighted by Gasteiger charge is 2.01. The molecule has 0 atom stereocenters. The Hall–Kier alpha value is -1.98. The van der Waals surface area contributed by atoms with Crippen LogP contribution < -0.4 is 15.4 Å². The number of hydrogen-bond donors (Lipinski definition) is 2. The van der Waals surface area contributed by atoms with E-state index in [-0.39, 0.29) is 0 Å². The number of rotatable bonds is 8. The van der Waals surface area contributed by atoms with Crippen LogP contribution in [0.25, 0.3) is 0 Å². The SMILES string of the molecule is CCNC(=NCCc1ccc(Cl)nc1)NCCOc1ccccc1Cl. The molecule has 1 heterocycles. The van der Waals surface area contributed by atoms with Gasteiger partial charge in [-0.3, -0.25) is 4.99 Å². The molecule has 0 unspecified atom stereocenters. The van der Waals surface area contributed by atoms with Crippen molar-refractivity contribution in [3.05, 3.63) is 58.3 Å². The minimum absolute atomic E-state index is 0.495. The smallest absolute Gasteiger partial charge is 0.191 e. The Labute approximate surface area is 158 Å². The van der Waals surface area contributed by atoms with E-state index in [1.165, 1.54) is 0 Å². The number of para-hydroxylation sites is 1. The van der Waals surface area contributed by atoms with Crippen molar-refractivity contribution in [2.45, 2.75) is 13.3 Å². The molecular formula is C18H22Cl2N4O. The Kier molecular flexibility index (Phi) is 8.35. The van der Waals surface area contributed by atoms with E-state index in [0.29, 0.717) is 35.6 Å². The molecule has 0 aliphatic rings. The lowest BCUT2D eigenvalue weighted by Gasteiger charge is -2.12. The number of guanidine groups is 1. The molecule has 25 heavy (non-hydrogen) atoms. The summed E-state index contributed by atoms with van der Waals surface area (Å²) in [6, 6.07) is 11.2. The van der Waals surface area contributed by atoms with Crippen LogP contribution in [0.15, 0.2) is 47.6 Å². The van der Waals surface area contributed by atoms with Crippen LogP contribution in [0.2, 0.25) is 10.2 Å². The first-order valence-electron chi connectivity index (χ1n) is 8.19. The molecule has 1 aromatic heterocycles. The number of ether oxygens (including phenoxy) is 1. The van der Waals surface area contributed by atoms with E-state index >= 15 is 0 Å². The van der Waals surface area contributed by atoms with Gasteiger partial charge in [0, 0.05) is 19.3 Å². The molecule has 0 spiro atoms. The zero-order valence-corrected chi connectivity index (χ0v) is 15.6. The third kappa shape index (κ3) is 7.20. The summed E-state index contributed by atoms with van der Waals surface area (Å²) in [4.78, 5) is 8.61. The highest BCUT2D eigenvalue weighted by Crippen LogP contribution is 2.22. The van der Waals surface area contributed by atoms with Crippen LogP contribution >= 0.6 is 23.2 Å². The molecule has 0 aliphatic heterocycles. The predicted molar refractivity (Wildman–Crippen MR) is 104 cm³/mol. The van der Waals surface area contributed by atoms with Crippen LogP contribution in [0.4, 0.5) is 0 Å². The maximum absolute atomic E-state index is 6.06. The van der Waals surface area contributed by atoms with Crippen LogP contribution in [0.5, 0.6) is 5.75 Å². The fraction of sp³-hybridized carbons (Fsp3) is 0.333. The Bertz CT molecular complexity index is 677. The molecule has 2 aromatic rings. The molecular weight excluding hydrogens is 359 g/mol. The summed E-state index contributed by atoms with van der Waals surface area (Å²) in [6.45, 7) is 4.60. The Balaban J connectivity index is 1.75. The molecule has 0 radical (unpaired) electrons. The van der Waals surface area contributed by atoms with Crippen LogP contribution in [-0.2, 0) is 6.42 Å². The Morgan fingerprint density at radius 3 is 2.72 bits per heavy atom. The van der Waals surface area contributed by atoms with Gasteiger partial charge in [-0.05, 0) is 37.1 Å². The Morgan fingerprint density at radius 2 is 2.00 bits per heavy atom. The van der Waals surface area contributed by atoms with Crippen molar-refractivity contribution in [3.63, 3.8) is 0 Å². The normalized spacial score (nSPS) is 11.2. The van der Waals surface area contributed by atoms with Crippen molar-refractivity contribution in [3.8, 4) is 5.75 Å². The lowest BCUT2D eigenvalue weighted by atomic mass is 10.2. The number of aromatic nitrogens is 1. The van der Waals surface area contributed by atoms with Crippen molar-refractivity contribution in [1.29, 1.82) is 0 Å². The van der Waals surface area contributed by atoms with Gasteiger partial charge in [0.25, 0.3) is 0 Å². The van der Waals surface area contributed by atoms with Gasteiger partial charge in [-0.25, -0.2) is 4.98 Å². The van der Waals surface area contributed by atoms with Crippen molar-refractivity contribution in [1.82, 2.24) is 15.6 Å². The highest BCUT2D eigenvalue weighted by atomic mass is 35.5. The van der Waals surface area contributed by atoms with Gasteiger partial charge in [-0.2, -0.15) is 0 Å². The van der Waals surface area contributed by atoms with E-state index in [1.54, 1.807) is 12.3 Å². The van der Waals surface area contributed by atoms with E-state index in [0.717, 1.165) is 24.5 Å². The van der Waals surface area contributed by atoms with Crippen LogP contribution in [-0.4, -0.2) is 37.2 Å². The predicted octanol–water partition coefficient (Wildman–Crippen LogP) is 3.57. The van der Waals surface area contributed by atoms with Crippen LogP contribution in [0.1, 0.15) is 12.5 Å². The van der Waals surface area contributed by atoms with Gasteiger partial charge in [0.2, 0.25) is 0 Å². The zero-order chi connectivity index (χ0) is 17.9. The molecule has 134 valence electrons. The van der Waals surface area contributed by atoms with E-state index in [1.807, 2.05) is 37.3 Å². The van der Waals surface area contributed by atoms with Gasteiger partial charge in [0.05, 0.1) is 11.6 Å². The molecule has 1 aromatic carbocycles. The third-order valence-electron chi connectivity index (χ3n) is 3.29. The quantitative estimate of drug-likeness (QED) is 0.318. The standard InChI is InChI=1S/C18H22Cl2N4O/c1-2-21-18(22-10-9-14-7-8-17(20)24-13-14)23-11-12-25-16-6-4-3-5-15(16)19/h3-8,13H,2,9-12H2,1H3,(H2,21,22,23). The monoisotopic (exact) mass is 380 g/mol. The minimum atomic E-state index is 0.495. The van der Waals surface area contributed by atoms with Crippen molar-refractivity contribution in [2.24, 2.45) is 4.99 Å². The first kappa shape index (κ1) is 19.3. The summed E-state index contributed by atoms with van der Waals surface area (Å²) in [5.41, 5.74) is 1.10. The molecule has 2 rings (SSSR count). The lowest BCUT2D eigenvalue weighted by Crippen LogP contribution is -2.39. The molecule has 7 heteroatoms. The molecule has 0 fully saturated rings. The number of benzene rings is 1. The fourth-order valence-electron chi connectivity index (χ4n) is 2.09. The number of hydrogen-bond acceptors (Lipinski definition) is 3. The average Bonchev–Trinajstić information content (AvgIpc) is 2.61. The molecule has 2 N–H and O–H groups in total. The van der Waals surface area contributed by atoms with E-state index in [9.17, 15) is 0 Å². The van der Waals surface area contributed by atoms with Crippen molar-refractivity contribution >= 4 is 29.2 Å². The van der Waals surface area contributed by atoms with E-state index in [4.69, 9.17) is 27.9 Å². The highest BCUT2D eigenvalue weighted by molar-refractivity contribution is 6.32. The summed E-state index contributed by atoms with van der Waals surface area (Å²) in [5.74, 6) is 1.44. The molecule has 0 bridgehead atoms. The number of pyridine rings is 1. The average molecular weight is 381 g/mol. The maximum atomic E-state index is 6.06. The van der Waals surface area contributed by atoms with Gasteiger partial charge in [0.1, 0.15) is 17.5 Å². The fourth-order valence-corrected chi connectivity index (χ4v) is 2.39. The summed E-state index contributed by atoms with van der Waals surface area (Å²) < 4.78 is 5.65. The van der Waals surface area contributed by atoms with Gasteiger partial charge in [-0.1, -0.05) is 41.4 Å². The van der Waals surface area contributed by atoms with Gasteiger partial charge in [-0.15, -0.1) is 0 Å². The number of nitrogens with one attached hydrogen (secondary N) is 2. The second-order valence-electron chi connectivity index (χ2n) is 5.21. The van der Waals surface area contributed by atoms with Crippen molar-refractivity contribution < 1.29 is 4.74 Å². The summed E-state index contributed by atoms with van der Waals surface area (Å²) in [7, 11) is 0. The van der Waals surface area contributed by atoms with Gasteiger partial charge < -0.3 is 15.4 Å². The summed E-state index contributed by atoms with van der Waals surface area (Å²) in [5, 5.41) is 7.56. The molecule has 0 saturated heterocycles. The van der Waals surface area contributed by atoms with Crippen LogP contribution in [0.3, 0.4) is 0 Å². The zero-order valence-electron chi connectivity index (χ0n) is 14.1. The minimum Gasteiger partial charge on any atom is -0.490 e. The first-order chi connectivity index (χ1) is 12.2.